The highest BCUT2D eigenvalue weighted by Gasteiger charge is 2.44. The SMILES string of the molecule is CCCCCCCCCCCCCCCCCCCCCCC/C=C/CCCC(O)C(O)C(COC1OC(CO)C(O)C(O)C1O)NC(=O)C(O)CCCCCCCCCCCCCCCCCCCCCCC. The molecule has 0 aromatic heterocycles. The van der Waals surface area contributed by atoms with Crippen molar-refractivity contribution in [2.75, 3.05) is 13.2 Å². The average Bonchev–Trinajstić information content (AvgIpc) is 3.40. The second kappa shape index (κ2) is 52.5. The fraction of sp³-hybridized carbons (Fsp3) is 0.952. The van der Waals surface area contributed by atoms with Crippen molar-refractivity contribution in [3.05, 3.63) is 12.2 Å². The van der Waals surface area contributed by atoms with E-state index in [-0.39, 0.29) is 12.8 Å². The van der Waals surface area contributed by atoms with Crippen LogP contribution in [-0.2, 0) is 14.3 Å². The molecule has 0 radical (unpaired) electrons. The maximum Gasteiger partial charge on any atom is 0.249 e. The van der Waals surface area contributed by atoms with E-state index in [2.05, 4.69) is 31.3 Å². The van der Waals surface area contributed by atoms with Gasteiger partial charge in [-0.25, -0.2) is 0 Å². The van der Waals surface area contributed by atoms with Gasteiger partial charge < -0.3 is 50.5 Å². The van der Waals surface area contributed by atoms with Gasteiger partial charge in [0.1, 0.15) is 36.6 Å². The van der Waals surface area contributed by atoms with Crippen LogP contribution in [0, 0.1) is 0 Å². The number of amides is 1. The Hall–Kier alpha value is -1.15. The van der Waals surface area contributed by atoms with Gasteiger partial charge in [0, 0.05) is 0 Å². The van der Waals surface area contributed by atoms with Crippen LogP contribution < -0.4 is 5.32 Å². The summed E-state index contributed by atoms with van der Waals surface area (Å²) in [6, 6.07) is -1.18. The Labute approximate surface area is 455 Å². The van der Waals surface area contributed by atoms with Gasteiger partial charge in [0.15, 0.2) is 6.29 Å². The number of hydrogen-bond donors (Lipinski definition) is 8. The maximum absolute atomic E-state index is 13.2. The first-order chi connectivity index (χ1) is 36.2. The molecule has 11 heteroatoms. The second-order valence-electron chi connectivity index (χ2n) is 22.8. The normalized spacial score (nSPS) is 19.8. The number of rotatable bonds is 56. The third kappa shape index (κ3) is 40.1. The van der Waals surface area contributed by atoms with Gasteiger partial charge in [-0.2, -0.15) is 0 Å². The fourth-order valence-corrected chi connectivity index (χ4v) is 10.6. The molecule has 9 atom stereocenters. The molecule has 1 aliphatic rings. The first-order valence-corrected chi connectivity index (χ1v) is 32.1. The summed E-state index contributed by atoms with van der Waals surface area (Å²) in [4.78, 5) is 13.2. The number of unbranched alkanes of at least 4 members (excludes halogenated alkanes) is 42. The lowest BCUT2D eigenvalue weighted by molar-refractivity contribution is -0.303. The van der Waals surface area contributed by atoms with E-state index < -0.39 is 74.2 Å². The second-order valence-corrected chi connectivity index (χ2v) is 22.8. The zero-order valence-corrected chi connectivity index (χ0v) is 48.4. The van der Waals surface area contributed by atoms with Crippen LogP contribution >= 0.6 is 0 Å². The predicted molar refractivity (Wildman–Crippen MR) is 307 cm³/mol. The first kappa shape index (κ1) is 70.9. The highest BCUT2D eigenvalue weighted by Crippen LogP contribution is 2.24. The van der Waals surface area contributed by atoms with Crippen molar-refractivity contribution in [1.29, 1.82) is 0 Å². The van der Waals surface area contributed by atoms with E-state index in [9.17, 15) is 40.5 Å². The standard InChI is InChI=1S/C63H123NO10/c1-3-5-7-9-11-13-15-17-19-21-23-25-26-27-28-29-31-32-34-36-38-40-42-44-46-48-50-55(66)58(68)54(53-73-63-61(71)60(70)59(69)57(52-65)74-63)64-62(72)56(67)51-49-47-45-43-41-39-37-35-33-30-24-22-20-18-16-14-12-10-8-6-4-2/h42,44,54-61,63,65-71H,3-41,43,45-53H2,1-2H3,(H,64,72)/b44-42+. The van der Waals surface area contributed by atoms with Crippen molar-refractivity contribution < 1.29 is 50.0 Å². The lowest BCUT2D eigenvalue weighted by Gasteiger charge is -2.40. The van der Waals surface area contributed by atoms with E-state index in [4.69, 9.17) is 9.47 Å². The minimum absolute atomic E-state index is 0.260. The largest absolute Gasteiger partial charge is 0.394 e. The molecule has 440 valence electrons. The number of ether oxygens (including phenoxy) is 2. The Morgan fingerprint density at radius 3 is 1.16 bits per heavy atom. The highest BCUT2D eigenvalue weighted by molar-refractivity contribution is 5.80. The quantitative estimate of drug-likeness (QED) is 0.0215. The summed E-state index contributed by atoms with van der Waals surface area (Å²) in [5, 5.41) is 76.3. The molecule has 74 heavy (non-hydrogen) atoms. The Morgan fingerprint density at radius 1 is 0.459 bits per heavy atom. The summed E-state index contributed by atoms with van der Waals surface area (Å²) in [7, 11) is 0. The van der Waals surface area contributed by atoms with E-state index in [1.807, 2.05) is 0 Å². The van der Waals surface area contributed by atoms with Gasteiger partial charge >= 0.3 is 0 Å². The number of aliphatic hydroxyl groups is 7. The van der Waals surface area contributed by atoms with E-state index in [1.54, 1.807) is 0 Å². The van der Waals surface area contributed by atoms with Crippen LogP contribution in [-0.4, -0.2) is 110 Å². The summed E-state index contributed by atoms with van der Waals surface area (Å²) in [6.07, 6.45) is 51.4. The van der Waals surface area contributed by atoms with Crippen LogP contribution in [0.3, 0.4) is 0 Å². The van der Waals surface area contributed by atoms with Gasteiger partial charge in [-0.15, -0.1) is 0 Å². The molecule has 0 aliphatic carbocycles. The van der Waals surface area contributed by atoms with Crippen molar-refractivity contribution in [2.24, 2.45) is 0 Å². The smallest absolute Gasteiger partial charge is 0.249 e. The Kier molecular flexibility index (Phi) is 50.3. The van der Waals surface area contributed by atoms with Crippen molar-refractivity contribution in [2.45, 2.75) is 371 Å². The van der Waals surface area contributed by atoms with Crippen molar-refractivity contribution in [3.8, 4) is 0 Å². The summed E-state index contributed by atoms with van der Waals surface area (Å²) >= 11 is 0. The van der Waals surface area contributed by atoms with E-state index in [0.717, 1.165) is 38.5 Å². The molecule has 1 aliphatic heterocycles. The molecule has 0 spiro atoms. The molecular weight excluding hydrogens is 931 g/mol. The summed E-state index contributed by atoms with van der Waals surface area (Å²) in [5.74, 6) is -0.699. The lowest BCUT2D eigenvalue weighted by Crippen LogP contribution is -2.60. The van der Waals surface area contributed by atoms with Crippen LogP contribution in [0.25, 0.3) is 0 Å². The number of nitrogens with one attached hydrogen (secondary N) is 1. The molecule has 1 heterocycles. The summed E-state index contributed by atoms with van der Waals surface area (Å²) in [5.41, 5.74) is 0. The Morgan fingerprint density at radius 2 is 0.797 bits per heavy atom. The maximum atomic E-state index is 13.2. The molecule has 1 amide bonds. The molecular formula is C63H123NO10. The average molecular weight is 1050 g/mol. The predicted octanol–water partition coefficient (Wildman–Crippen LogP) is 14.3. The molecule has 1 saturated heterocycles. The molecule has 1 rings (SSSR count). The fourth-order valence-electron chi connectivity index (χ4n) is 10.6. The number of aliphatic hydroxyl groups excluding tert-OH is 7. The third-order valence-corrected chi connectivity index (χ3v) is 15.8. The molecule has 0 saturated carbocycles. The zero-order valence-electron chi connectivity index (χ0n) is 48.4. The number of carbonyl (C=O) groups is 1. The molecule has 1 fully saturated rings. The van der Waals surface area contributed by atoms with Crippen molar-refractivity contribution >= 4 is 5.91 Å². The number of hydrogen-bond acceptors (Lipinski definition) is 10. The van der Waals surface area contributed by atoms with Gasteiger partial charge in [-0.1, -0.05) is 289 Å². The van der Waals surface area contributed by atoms with Crippen LogP contribution in [0.15, 0.2) is 12.2 Å². The van der Waals surface area contributed by atoms with Gasteiger partial charge in [-0.3, -0.25) is 4.79 Å². The minimum Gasteiger partial charge on any atom is -0.394 e. The van der Waals surface area contributed by atoms with Gasteiger partial charge in [0.05, 0.1) is 25.4 Å². The lowest BCUT2D eigenvalue weighted by atomic mass is 9.98. The van der Waals surface area contributed by atoms with E-state index in [0.29, 0.717) is 12.8 Å². The third-order valence-electron chi connectivity index (χ3n) is 15.8. The van der Waals surface area contributed by atoms with Crippen molar-refractivity contribution in [3.63, 3.8) is 0 Å². The molecule has 0 aromatic carbocycles. The van der Waals surface area contributed by atoms with E-state index in [1.165, 1.54) is 238 Å². The van der Waals surface area contributed by atoms with E-state index >= 15 is 0 Å². The molecule has 11 nitrogen and oxygen atoms in total. The van der Waals surface area contributed by atoms with Gasteiger partial charge in [-0.05, 0) is 38.5 Å². The molecule has 0 bridgehead atoms. The topological polar surface area (TPSA) is 189 Å². The van der Waals surface area contributed by atoms with Crippen LogP contribution in [0.4, 0.5) is 0 Å². The Balaban J connectivity index is 2.26. The number of allylic oxidation sites excluding steroid dienone is 2. The molecule has 8 N–H and O–H groups in total. The van der Waals surface area contributed by atoms with Gasteiger partial charge in [0.25, 0.3) is 0 Å². The molecule has 0 aromatic rings. The highest BCUT2D eigenvalue weighted by atomic mass is 16.7. The first-order valence-electron chi connectivity index (χ1n) is 32.1. The summed E-state index contributed by atoms with van der Waals surface area (Å²) in [6.45, 7) is 3.49. The molecule has 9 unspecified atom stereocenters. The van der Waals surface area contributed by atoms with Crippen molar-refractivity contribution in [1.82, 2.24) is 5.32 Å². The van der Waals surface area contributed by atoms with Gasteiger partial charge in [0.2, 0.25) is 5.91 Å². The minimum atomic E-state index is -1.67. The zero-order chi connectivity index (χ0) is 54.0. The van der Waals surface area contributed by atoms with Crippen LogP contribution in [0.5, 0.6) is 0 Å². The Bertz CT molecular complexity index is 1210. The number of carbonyl (C=O) groups excluding carboxylic acids is 1. The van der Waals surface area contributed by atoms with Crippen LogP contribution in [0.2, 0.25) is 0 Å². The summed E-state index contributed by atoms with van der Waals surface area (Å²) < 4.78 is 11.2. The van der Waals surface area contributed by atoms with Crippen LogP contribution in [0.1, 0.15) is 316 Å². The monoisotopic (exact) mass is 1050 g/mol.